The number of hydrogen-bond acceptors (Lipinski definition) is 4. The number of nitrogens with zero attached hydrogens (tertiary/aromatic N) is 4. The number of aryl methyl sites for hydroxylation is 1. The standard InChI is InChI=1S/C20H18N4OS/c1-23(20-22-17-9-5-6-10-18(17)26-20)19(25)12-11-15-13-21-24(14-15)16-7-3-2-4-8-16/h2-10,13-14H,11-12H2,1H3. The van der Waals surface area contributed by atoms with Crippen LogP contribution >= 0.6 is 11.3 Å². The number of rotatable bonds is 5. The van der Waals surface area contributed by atoms with E-state index in [0.717, 1.165) is 26.6 Å². The molecule has 0 radical (unpaired) electrons. The van der Waals surface area contributed by atoms with Crippen LogP contribution in [0.25, 0.3) is 15.9 Å². The number of thiazole rings is 1. The minimum absolute atomic E-state index is 0.0523. The Morgan fingerprint density at radius 1 is 1.12 bits per heavy atom. The lowest BCUT2D eigenvalue weighted by Gasteiger charge is -2.13. The number of amides is 1. The third kappa shape index (κ3) is 3.36. The predicted molar refractivity (Wildman–Crippen MR) is 105 cm³/mol. The van der Waals surface area contributed by atoms with Gasteiger partial charge in [0.15, 0.2) is 5.13 Å². The van der Waals surface area contributed by atoms with E-state index in [2.05, 4.69) is 10.1 Å². The molecule has 2 aromatic carbocycles. The molecule has 6 heteroatoms. The van der Waals surface area contributed by atoms with Gasteiger partial charge in [-0.1, -0.05) is 41.7 Å². The maximum absolute atomic E-state index is 12.5. The van der Waals surface area contributed by atoms with E-state index in [1.165, 1.54) is 11.3 Å². The van der Waals surface area contributed by atoms with Gasteiger partial charge in [-0.3, -0.25) is 9.69 Å². The molecular formula is C20H18N4OS. The first-order valence-electron chi connectivity index (χ1n) is 8.42. The Morgan fingerprint density at radius 2 is 1.88 bits per heavy atom. The number of para-hydroxylation sites is 2. The lowest BCUT2D eigenvalue weighted by Crippen LogP contribution is -2.26. The Bertz CT molecular complexity index is 1010. The van der Waals surface area contributed by atoms with Crippen molar-refractivity contribution < 1.29 is 4.79 Å². The normalized spacial score (nSPS) is 11.0. The van der Waals surface area contributed by atoms with Gasteiger partial charge in [0, 0.05) is 19.7 Å². The average Bonchev–Trinajstić information content (AvgIpc) is 3.33. The SMILES string of the molecule is CN(C(=O)CCc1cnn(-c2ccccc2)c1)c1nc2ccccc2s1. The van der Waals surface area contributed by atoms with Crippen molar-refractivity contribution in [2.45, 2.75) is 12.8 Å². The quantitative estimate of drug-likeness (QED) is 0.538. The molecule has 0 N–H and O–H groups in total. The third-order valence-electron chi connectivity index (χ3n) is 4.23. The molecular weight excluding hydrogens is 344 g/mol. The highest BCUT2D eigenvalue weighted by Crippen LogP contribution is 2.28. The summed E-state index contributed by atoms with van der Waals surface area (Å²) in [6.45, 7) is 0. The Balaban J connectivity index is 1.41. The second-order valence-corrected chi connectivity index (χ2v) is 7.05. The van der Waals surface area contributed by atoms with Crippen LogP contribution < -0.4 is 4.90 Å². The molecule has 0 fully saturated rings. The maximum Gasteiger partial charge on any atom is 0.228 e. The smallest absolute Gasteiger partial charge is 0.228 e. The van der Waals surface area contributed by atoms with E-state index in [0.29, 0.717) is 12.8 Å². The van der Waals surface area contributed by atoms with Crippen LogP contribution in [0.3, 0.4) is 0 Å². The second kappa shape index (κ2) is 7.09. The predicted octanol–water partition coefficient (Wildman–Crippen LogP) is 4.08. The average molecular weight is 362 g/mol. The fraction of sp³-hybridized carbons (Fsp3) is 0.150. The van der Waals surface area contributed by atoms with E-state index in [9.17, 15) is 4.79 Å². The molecule has 0 atom stereocenters. The van der Waals surface area contributed by atoms with E-state index >= 15 is 0 Å². The van der Waals surface area contributed by atoms with Crippen molar-refractivity contribution in [1.29, 1.82) is 0 Å². The number of anilines is 1. The van der Waals surface area contributed by atoms with Crippen LogP contribution in [-0.4, -0.2) is 27.7 Å². The zero-order valence-corrected chi connectivity index (χ0v) is 15.2. The minimum atomic E-state index is 0.0523. The Hall–Kier alpha value is -2.99. The van der Waals surface area contributed by atoms with Crippen molar-refractivity contribution in [3.05, 3.63) is 72.6 Å². The lowest BCUT2D eigenvalue weighted by atomic mass is 10.2. The van der Waals surface area contributed by atoms with Gasteiger partial charge >= 0.3 is 0 Å². The summed E-state index contributed by atoms with van der Waals surface area (Å²) in [4.78, 5) is 18.7. The molecule has 0 unspecified atom stereocenters. The molecule has 2 heterocycles. The van der Waals surface area contributed by atoms with Crippen molar-refractivity contribution in [2.75, 3.05) is 11.9 Å². The van der Waals surface area contributed by atoms with E-state index in [-0.39, 0.29) is 5.91 Å². The summed E-state index contributed by atoms with van der Waals surface area (Å²) < 4.78 is 2.92. The van der Waals surface area contributed by atoms with E-state index < -0.39 is 0 Å². The van der Waals surface area contributed by atoms with Gasteiger partial charge in [-0.05, 0) is 36.2 Å². The van der Waals surface area contributed by atoms with Crippen LogP contribution in [0, 0.1) is 0 Å². The summed E-state index contributed by atoms with van der Waals surface area (Å²) >= 11 is 1.53. The fourth-order valence-electron chi connectivity index (χ4n) is 2.74. The van der Waals surface area contributed by atoms with Crippen LogP contribution in [0.1, 0.15) is 12.0 Å². The van der Waals surface area contributed by atoms with Gasteiger partial charge in [0.25, 0.3) is 0 Å². The maximum atomic E-state index is 12.5. The summed E-state index contributed by atoms with van der Waals surface area (Å²) in [5.74, 6) is 0.0523. The number of fused-ring (bicyclic) bond motifs is 1. The topological polar surface area (TPSA) is 51.0 Å². The molecule has 0 aliphatic carbocycles. The van der Waals surface area contributed by atoms with Crippen molar-refractivity contribution in [3.63, 3.8) is 0 Å². The zero-order chi connectivity index (χ0) is 17.9. The van der Waals surface area contributed by atoms with E-state index in [4.69, 9.17) is 0 Å². The van der Waals surface area contributed by atoms with E-state index in [1.807, 2.05) is 71.7 Å². The molecule has 4 rings (SSSR count). The fourth-order valence-corrected chi connectivity index (χ4v) is 3.68. The van der Waals surface area contributed by atoms with Crippen molar-refractivity contribution in [2.24, 2.45) is 0 Å². The zero-order valence-electron chi connectivity index (χ0n) is 14.4. The molecule has 0 aliphatic heterocycles. The summed E-state index contributed by atoms with van der Waals surface area (Å²) in [7, 11) is 1.79. The monoisotopic (exact) mass is 362 g/mol. The molecule has 2 aromatic heterocycles. The van der Waals surface area contributed by atoms with Crippen molar-refractivity contribution >= 4 is 32.6 Å². The number of carbonyl (C=O) groups is 1. The van der Waals surface area contributed by atoms with Gasteiger partial charge in [0.2, 0.25) is 5.91 Å². The van der Waals surface area contributed by atoms with Crippen LogP contribution in [0.5, 0.6) is 0 Å². The molecule has 0 saturated heterocycles. The summed E-state index contributed by atoms with van der Waals surface area (Å²) in [6.07, 6.45) is 4.87. The van der Waals surface area contributed by atoms with Gasteiger partial charge in [0.1, 0.15) is 0 Å². The number of benzene rings is 2. The highest BCUT2D eigenvalue weighted by atomic mass is 32.1. The molecule has 130 valence electrons. The largest absolute Gasteiger partial charge is 0.291 e. The molecule has 0 bridgehead atoms. The first-order chi connectivity index (χ1) is 12.7. The van der Waals surface area contributed by atoms with Crippen molar-refractivity contribution in [1.82, 2.24) is 14.8 Å². The molecule has 26 heavy (non-hydrogen) atoms. The minimum Gasteiger partial charge on any atom is -0.291 e. The number of carbonyl (C=O) groups excluding carboxylic acids is 1. The molecule has 0 aliphatic rings. The van der Waals surface area contributed by atoms with Gasteiger partial charge in [-0.15, -0.1) is 0 Å². The van der Waals surface area contributed by atoms with Gasteiger partial charge < -0.3 is 0 Å². The number of aromatic nitrogens is 3. The van der Waals surface area contributed by atoms with Crippen LogP contribution in [-0.2, 0) is 11.2 Å². The van der Waals surface area contributed by atoms with Crippen LogP contribution in [0.15, 0.2) is 67.0 Å². The number of hydrogen-bond donors (Lipinski definition) is 0. The summed E-state index contributed by atoms with van der Waals surface area (Å²) in [5, 5.41) is 5.11. The summed E-state index contributed by atoms with van der Waals surface area (Å²) in [6, 6.07) is 17.9. The molecule has 0 spiro atoms. The summed E-state index contributed by atoms with van der Waals surface area (Å²) in [5.41, 5.74) is 2.98. The van der Waals surface area contributed by atoms with Crippen LogP contribution in [0.4, 0.5) is 5.13 Å². The first kappa shape index (κ1) is 16.5. The molecule has 0 saturated carbocycles. The Morgan fingerprint density at radius 3 is 2.69 bits per heavy atom. The lowest BCUT2D eigenvalue weighted by molar-refractivity contribution is -0.118. The molecule has 5 nitrogen and oxygen atoms in total. The van der Waals surface area contributed by atoms with E-state index in [1.54, 1.807) is 11.9 Å². The highest BCUT2D eigenvalue weighted by Gasteiger charge is 2.15. The van der Waals surface area contributed by atoms with Crippen LogP contribution in [0.2, 0.25) is 0 Å². The third-order valence-corrected chi connectivity index (χ3v) is 5.34. The Labute approximate surface area is 155 Å². The Kier molecular flexibility index (Phi) is 4.50. The van der Waals surface area contributed by atoms with Gasteiger partial charge in [-0.25, -0.2) is 9.67 Å². The molecule has 1 amide bonds. The van der Waals surface area contributed by atoms with Gasteiger partial charge in [-0.2, -0.15) is 5.10 Å². The second-order valence-electron chi connectivity index (χ2n) is 6.05. The van der Waals surface area contributed by atoms with Gasteiger partial charge in [0.05, 0.1) is 22.1 Å². The van der Waals surface area contributed by atoms with Crippen molar-refractivity contribution in [3.8, 4) is 5.69 Å². The highest BCUT2D eigenvalue weighted by molar-refractivity contribution is 7.22. The first-order valence-corrected chi connectivity index (χ1v) is 9.23. The molecule has 4 aromatic rings.